The van der Waals surface area contributed by atoms with Crippen LogP contribution in [-0.4, -0.2) is 18.6 Å². The monoisotopic (exact) mass is 313 g/mol. The maximum atomic E-state index is 11.9. The molecule has 0 radical (unpaired) electrons. The number of carbonyl (C=O) groups excluding carboxylic acids is 1. The minimum absolute atomic E-state index is 0.211. The predicted molar refractivity (Wildman–Crippen MR) is 87.9 cm³/mol. The lowest BCUT2D eigenvalue weighted by atomic mass is 10.2. The Labute approximate surface area is 135 Å². The lowest BCUT2D eigenvalue weighted by Gasteiger charge is -2.13. The zero-order valence-electron chi connectivity index (χ0n) is 12.2. The summed E-state index contributed by atoms with van der Waals surface area (Å²) in [5.74, 6) is 6.27. The third kappa shape index (κ3) is 5.16. The van der Waals surface area contributed by atoms with Crippen molar-refractivity contribution in [1.29, 1.82) is 0 Å². The van der Waals surface area contributed by atoms with Crippen LogP contribution >= 0.6 is 11.6 Å². The van der Waals surface area contributed by atoms with Crippen molar-refractivity contribution >= 4 is 17.5 Å². The van der Waals surface area contributed by atoms with Gasteiger partial charge >= 0.3 is 0 Å². The van der Waals surface area contributed by atoms with Gasteiger partial charge in [-0.15, -0.1) is 0 Å². The van der Waals surface area contributed by atoms with Gasteiger partial charge in [0, 0.05) is 10.6 Å². The number of amides is 1. The molecule has 0 aliphatic carbocycles. The van der Waals surface area contributed by atoms with Gasteiger partial charge < -0.3 is 10.1 Å². The number of carbonyl (C=O) groups is 1. The molecule has 112 valence electrons. The smallest absolute Gasteiger partial charge is 0.261 e. The van der Waals surface area contributed by atoms with Crippen LogP contribution in [0.1, 0.15) is 12.5 Å². The van der Waals surface area contributed by atoms with Crippen molar-refractivity contribution < 1.29 is 9.53 Å². The molecule has 0 bridgehead atoms. The molecule has 3 nitrogen and oxygen atoms in total. The SMILES string of the molecule is CC(Oc1ccc(Cl)cc1)C(=O)NCC#Cc1ccccc1. The van der Waals surface area contributed by atoms with Gasteiger partial charge in [-0.1, -0.05) is 41.6 Å². The summed E-state index contributed by atoms with van der Waals surface area (Å²) in [6.45, 7) is 1.97. The van der Waals surface area contributed by atoms with Crippen molar-refractivity contribution in [2.75, 3.05) is 6.54 Å². The summed E-state index contributed by atoms with van der Waals surface area (Å²) in [5.41, 5.74) is 0.919. The van der Waals surface area contributed by atoms with E-state index in [4.69, 9.17) is 16.3 Å². The first-order valence-electron chi connectivity index (χ1n) is 6.89. The topological polar surface area (TPSA) is 38.3 Å². The number of ether oxygens (including phenoxy) is 1. The molecule has 0 saturated heterocycles. The van der Waals surface area contributed by atoms with E-state index in [1.165, 1.54) is 0 Å². The van der Waals surface area contributed by atoms with E-state index in [1.54, 1.807) is 31.2 Å². The highest BCUT2D eigenvalue weighted by Gasteiger charge is 2.13. The number of hydrogen-bond donors (Lipinski definition) is 1. The second-order valence-corrected chi connectivity index (χ2v) is 5.04. The fourth-order valence-corrected chi connectivity index (χ4v) is 1.84. The summed E-state index contributed by atoms with van der Waals surface area (Å²) in [6.07, 6.45) is -0.597. The second-order valence-electron chi connectivity index (χ2n) is 4.60. The highest BCUT2D eigenvalue weighted by Crippen LogP contribution is 2.16. The Morgan fingerprint density at radius 2 is 1.86 bits per heavy atom. The van der Waals surface area contributed by atoms with Crippen molar-refractivity contribution in [3.63, 3.8) is 0 Å². The van der Waals surface area contributed by atoms with Crippen LogP contribution in [0.2, 0.25) is 5.02 Å². The number of hydrogen-bond acceptors (Lipinski definition) is 2. The summed E-state index contributed by atoms with van der Waals surface area (Å²) >= 11 is 5.80. The molecule has 4 heteroatoms. The number of nitrogens with one attached hydrogen (secondary N) is 1. The van der Waals surface area contributed by atoms with Crippen molar-refractivity contribution in [2.24, 2.45) is 0 Å². The van der Waals surface area contributed by atoms with Crippen LogP contribution in [0.3, 0.4) is 0 Å². The van der Waals surface area contributed by atoms with Crippen LogP contribution < -0.4 is 10.1 Å². The van der Waals surface area contributed by atoms with Crippen LogP contribution in [0.25, 0.3) is 0 Å². The Bertz CT molecular complexity index is 672. The molecule has 0 heterocycles. The lowest BCUT2D eigenvalue weighted by Crippen LogP contribution is -2.36. The number of halogens is 1. The maximum Gasteiger partial charge on any atom is 0.261 e. The first-order chi connectivity index (χ1) is 10.6. The molecule has 1 N–H and O–H groups in total. The Balaban J connectivity index is 1.79. The first-order valence-corrected chi connectivity index (χ1v) is 7.27. The van der Waals surface area contributed by atoms with Gasteiger partial charge in [0.2, 0.25) is 0 Å². The van der Waals surface area contributed by atoms with Gasteiger partial charge in [-0.2, -0.15) is 0 Å². The summed E-state index contributed by atoms with van der Waals surface area (Å²) in [7, 11) is 0. The molecule has 0 saturated carbocycles. The van der Waals surface area contributed by atoms with Crippen LogP contribution in [0.4, 0.5) is 0 Å². The van der Waals surface area contributed by atoms with Gasteiger partial charge in [-0.25, -0.2) is 0 Å². The van der Waals surface area contributed by atoms with E-state index >= 15 is 0 Å². The van der Waals surface area contributed by atoms with Crippen LogP contribution in [0.15, 0.2) is 54.6 Å². The molecule has 2 aromatic rings. The number of benzene rings is 2. The van der Waals surface area contributed by atoms with E-state index in [1.807, 2.05) is 30.3 Å². The Morgan fingerprint density at radius 3 is 2.55 bits per heavy atom. The van der Waals surface area contributed by atoms with Gasteiger partial charge in [-0.05, 0) is 43.3 Å². The third-order valence-electron chi connectivity index (χ3n) is 2.85. The predicted octanol–water partition coefficient (Wildman–Crippen LogP) is 3.28. The van der Waals surface area contributed by atoms with Crippen molar-refractivity contribution in [3.05, 3.63) is 65.2 Å². The summed E-state index contributed by atoms with van der Waals surface area (Å²) in [6, 6.07) is 16.5. The van der Waals surface area contributed by atoms with Gasteiger partial charge in [-0.3, -0.25) is 4.79 Å². The minimum atomic E-state index is -0.597. The molecule has 1 atom stereocenters. The van der Waals surface area contributed by atoms with E-state index in [0.29, 0.717) is 10.8 Å². The standard InChI is InChI=1S/C18H16ClNO2/c1-14(22-17-11-9-16(19)10-12-17)18(21)20-13-5-8-15-6-3-2-4-7-15/h2-4,6-7,9-12,14H,13H2,1H3,(H,20,21). The van der Waals surface area contributed by atoms with E-state index in [-0.39, 0.29) is 12.5 Å². The van der Waals surface area contributed by atoms with E-state index in [2.05, 4.69) is 17.2 Å². The largest absolute Gasteiger partial charge is 0.481 e. The second kappa shape index (κ2) is 8.11. The molecule has 0 spiro atoms. The highest BCUT2D eigenvalue weighted by atomic mass is 35.5. The first kappa shape index (κ1) is 15.9. The number of rotatable bonds is 4. The van der Waals surface area contributed by atoms with Crippen molar-refractivity contribution in [3.8, 4) is 17.6 Å². The van der Waals surface area contributed by atoms with Gasteiger partial charge in [0.25, 0.3) is 5.91 Å². The van der Waals surface area contributed by atoms with Gasteiger partial charge in [0.05, 0.1) is 6.54 Å². The molecule has 22 heavy (non-hydrogen) atoms. The normalized spacial score (nSPS) is 11.0. The van der Waals surface area contributed by atoms with Crippen LogP contribution in [-0.2, 0) is 4.79 Å². The molecular formula is C18H16ClNO2. The summed E-state index contributed by atoms with van der Waals surface area (Å²) < 4.78 is 5.53. The Morgan fingerprint density at radius 1 is 1.18 bits per heavy atom. The van der Waals surface area contributed by atoms with Crippen molar-refractivity contribution in [2.45, 2.75) is 13.0 Å². The van der Waals surface area contributed by atoms with Crippen molar-refractivity contribution in [1.82, 2.24) is 5.32 Å². The van der Waals surface area contributed by atoms with Crippen LogP contribution in [0, 0.1) is 11.8 Å². The Kier molecular flexibility index (Phi) is 5.88. The van der Waals surface area contributed by atoms with E-state index in [9.17, 15) is 4.79 Å². The zero-order chi connectivity index (χ0) is 15.8. The fraction of sp³-hybridized carbons (Fsp3) is 0.167. The van der Waals surface area contributed by atoms with Gasteiger partial charge in [0.15, 0.2) is 6.10 Å². The van der Waals surface area contributed by atoms with Gasteiger partial charge in [0.1, 0.15) is 5.75 Å². The molecule has 0 fully saturated rings. The van der Waals surface area contributed by atoms with Crippen LogP contribution in [0.5, 0.6) is 5.75 Å². The third-order valence-corrected chi connectivity index (χ3v) is 3.11. The molecule has 1 unspecified atom stereocenters. The molecule has 2 rings (SSSR count). The minimum Gasteiger partial charge on any atom is -0.481 e. The lowest BCUT2D eigenvalue weighted by molar-refractivity contribution is -0.126. The molecular weight excluding hydrogens is 298 g/mol. The molecule has 2 aromatic carbocycles. The molecule has 0 aliphatic heterocycles. The highest BCUT2D eigenvalue weighted by molar-refractivity contribution is 6.30. The average Bonchev–Trinajstić information content (AvgIpc) is 2.54. The fourth-order valence-electron chi connectivity index (χ4n) is 1.71. The average molecular weight is 314 g/mol. The van der Waals surface area contributed by atoms with E-state index < -0.39 is 6.10 Å². The Hall–Kier alpha value is -2.44. The molecule has 0 aromatic heterocycles. The zero-order valence-corrected chi connectivity index (χ0v) is 12.9. The molecule has 0 aliphatic rings. The summed E-state index contributed by atoms with van der Waals surface area (Å²) in [4.78, 5) is 11.9. The summed E-state index contributed by atoms with van der Waals surface area (Å²) in [5, 5.41) is 3.35. The quantitative estimate of drug-likeness (QED) is 0.880. The molecule has 1 amide bonds. The maximum absolute atomic E-state index is 11.9. The van der Waals surface area contributed by atoms with E-state index in [0.717, 1.165) is 5.56 Å².